The molecule has 2 aromatic carbocycles. The molecule has 3 aromatic rings. The van der Waals surface area contributed by atoms with E-state index in [9.17, 15) is 4.79 Å². The van der Waals surface area contributed by atoms with E-state index in [1.165, 1.54) is 75.6 Å². The number of carbonyl (C=O) groups is 1. The minimum absolute atomic E-state index is 0.220. The molecule has 0 bridgehead atoms. The van der Waals surface area contributed by atoms with Crippen LogP contribution in [0.1, 0.15) is 105 Å². The number of anilines is 1. The van der Waals surface area contributed by atoms with Crippen LogP contribution >= 0.6 is 22.9 Å². The Morgan fingerprint density at radius 2 is 1.58 bits per heavy atom. The maximum Gasteiger partial charge on any atom is 0.257 e. The number of ether oxygens (including phenoxy) is 1. The molecular formula is C32H44ClN2O2S+. The quantitative estimate of drug-likeness (QED) is 0.125. The molecule has 0 unspecified atom stereocenters. The molecule has 0 aliphatic rings. The van der Waals surface area contributed by atoms with Crippen molar-refractivity contribution in [2.75, 3.05) is 11.9 Å². The van der Waals surface area contributed by atoms with E-state index in [2.05, 4.69) is 35.3 Å². The van der Waals surface area contributed by atoms with Gasteiger partial charge in [0, 0.05) is 12.5 Å². The molecule has 1 amide bonds. The lowest BCUT2D eigenvalue weighted by molar-refractivity contribution is -0.689. The van der Waals surface area contributed by atoms with Crippen molar-refractivity contribution in [3.8, 4) is 5.75 Å². The first kappa shape index (κ1) is 30.2. The van der Waals surface area contributed by atoms with Crippen LogP contribution in [-0.4, -0.2) is 12.5 Å². The molecule has 1 heterocycles. The molecule has 0 aliphatic heterocycles. The van der Waals surface area contributed by atoms with Gasteiger partial charge in [-0.1, -0.05) is 119 Å². The highest BCUT2D eigenvalue weighted by atomic mass is 35.5. The molecule has 1 N–H and O–H groups in total. The van der Waals surface area contributed by atoms with Crippen LogP contribution in [-0.2, 0) is 6.54 Å². The molecule has 0 atom stereocenters. The van der Waals surface area contributed by atoms with Gasteiger partial charge in [-0.05, 0) is 30.7 Å². The zero-order chi connectivity index (χ0) is 27.0. The van der Waals surface area contributed by atoms with Crippen molar-refractivity contribution in [3.05, 3.63) is 75.2 Å². The number of hydrogen-bond donors (Lipinski definition) is 1. The summed E-state index contributed by atoms with van der Waals surface area (Å²) in [5, 5.41) is 6.72. The van der Waals surface area contributed by atoms with Crippen LogP contribution in [0.15, 0.2) is 54.0 Å². The standard InChI is InChI=1S/C32H43ClN2O2S/c1-3-4-5-6-7-8-9-10-11-12-13-16-22-37-28-19-20-29(30(33)24-28)32(36)34-31-18-15-14-17-27(31)25-35-21-23-38-26(35)2/h14-15,17-21,23-24H,3-13,16,22,25H2,1-2H3/p+1. The van der Waals surface area contributed by atoms with Crippen LogP contribution in [0.2, 0.25) is 5.02 Å². The number of rotatable bonds is 18. The normalized spacial score (nSPS) is 11.0. The van der Waals surface area contributed by atoms with Crippen LogP contribution in [0.5, 0.6) is 5.75 Å². The van der Waals surface area contributed by atoms with Crippen LogP contribution in [0.4, 0.5) is 5.69 Å². The molecular weight excluding hydrogens is 512 g/mol. The maximum atomic E-state index is 13.0. The fraction of sp³-hybridized carbons (Fsp3) is 0.500. The van der Waals surface area contributed by atoms with Crippen molar-refractivity contribution in [2.24, 2.45) is 0 Å². The van der Waals surface area contributed by atoms with E-state index >= 15 is 0 Å². The summed E-state index contributed by atoms with van der Waals surface area (Å²) < 4.78 is 8.07. The molecule has 0 aliphatic carbocycles. The van der Waals surface area contributed by atoms with Crippen LogP contribution in [0.3, 0.4) is 0 Å². The Kier molecular flexibility index (Phi) is 13.7. The second kappa shape index (κ2) is 17.3. The third kappa shape index (κ3) is 10.4. The Morgan fingerprint density at radius 3 is 2.21 bits per heavy atom. The highest BCUT2D eigenvalue weighted by molar-refractivity contribution is 7.09. The number of aryl methyl sites for hydroxylation is 1. The third-order valence-electron chi connectivity index (χ3n) is 6.94. The number of nitrogens with one attached hydrogen (secondary N) is 1. The predicted molar refractivity (Wildman–Crippen MR) is 161 cm³/mol. The van der Waals surface area contributed by atoms with Crippen LogP contribution in [0, 0.1) is 6.92 Å². The molecule has 0 saturated heterocycles. The zero-order valence-electron chi connectivity index (χ0n) is 23.1. The second-order valence-electron chi connectivity index (χ2n) is 10.0. The van der Waals surface area contributed by atoms with Gasteiger partial charge in [0.25, 0.3) is 5.91 Å². The fourth-order valence-corrected chi connectivity index (χ4v) is 5.52. The molecule has 3 rings (SSSR count). The first-order chi connectivity index (χ1) is 18.6. The maximum absolute atomic E-state index is 13.0. The molecule has 0 saturated carbocycles. The number of unbranched alkanes of at least 4 members (excludes halogenated alkanes) is 11. The summed E-state index contributed by atoms with van der Waals surface area (Å²) in [6.07, 6.45) is 17.9. The largest absolute Gasteiger partial charge is 0.494 e. The van der Waals surface area contributed by atoms with Gasteiger partial charge in [0.2, 0.25) is 5.01 Å². The monoisotopic (exact) mass is 555 g/mol. The summed E-state index contributed by atoms with van der Waals surface area (Å²) in [5.41, 5.74) is 2.28. The lowest BCUT2D eigenvalue weighted by Crippen LogP contribution is -2.34. The SMILES string of the molecule is CCCCCCCCCCCCCCOc1ccc(C(=O)Nc2ccccc2C[n+]2ccsc2C)c(Cl)c1. The smallest absolute Gasteiger partial charge is 0.257 e. The Morgan fingerprint density at radius 1 is 0.921 bits per heavy atom. The fourth-order valence-electron chi connectivity index (χ4n) is 4.60. The van der Waals surface area contributed by atoms with Gasteiger partial charge in [-0.3, -0.25) is 4.79 Å². The van der Waals surface area contributed by atoms with Gasteiger partial charge in [0.1, 0.15) is 5.75 Å². The summed E-state index contributed by atoms with van der Waals surface area (Å²) >= 11 is 8.19. The molecule has 0 fully saturated rings. The molecule has 38 heavy (non-hydrogen) atoms. The first-order valence-electron chi connectivity index (χ1n) is 14.3. The average Bonchev–Trinajstić information content (AvgIpc) is 3.32. The molecule has 1 aromatic heterocycles. The lowest BCUT2D eigenvalue weighted by Gasteiger charge is -2.12. The van der Waals surface area contributed by atoms with Crippen LogP contribution < -0.4 is 14.6 Å². The Labute approximate surface area is 238 Å². The average molecular weight is 556 g/mol. The Balaban J connectivity index is 1.36. The number of hydrogen-bond acceptors (Lipinski definition) is 3. The summed E-state index contributed by atoms with van der Waals surface area (Å²) in [6, 6.07) is 13.2. The second-order valence-corrected chi connectivity index (χ2v) is 11.5. The minimum Gasteiger partial charge on any atom is -0.494 e. The molecule has 6 heteroatoms. The number of halogens is 1. The van der Waals surface area contributed by atoms with E-state index in [4.69, 9.17) is 16.3 Å². The van der Waals surface area contributed by atoms with Gasteiger partial charge in [0.15, 0.2) is 12.7 Å². The van der Waals surface area contributed by atoms with Crippen molar-refractivity contribution in [2.45, 2.75) is 97.4 Å². The van der Waals surface area contributed by atoms with Crippen molar-refractivity contribution >= 4 is 34.5 Å². The van der Waals surface area contributed by atoms with Crippen molar-refractivity contribution in [1.29, 1.82) is 0 Å². The van der Waals surface area contributed by atoms with Gasteiger partial charge >= 0.3 is 0 Å². The topological polar surface area (TPSA) is 42.2 Å². The molecule has 0 radical (unpaired) electrons. The van der Waals surface area contributed by atoms with Crippen molar-refractivity contribution < 1.29 is 14.1 Å². The summed E-state index contributed by atoms with van der Waals surface area (Å²) in [6.45, 7) is 5.73. The molecule has 4 nitrogen and oxygen atoms in total. The predicted octanol–water partition coefficient (Wildman–Crippen LogP) is 9.38. The minimum atomic E-state index is -0.220. The third-order valence-corrected chi connectivity index (χ3v) is 8.09. The highest BCUT2D eigenvalue weighted by Gasteiger charge is 2.16. The van der Waals surface area contributed by atoms with Gasteiger partial charge in [-0.25, -0.2) is 0 Å². The Hall–Kier alpha value is -2.37. The van der Waals surface area contributed by atoms with E-state index in [0.29, 0.717) is 29.5 Å². The highest BCUT2D eigenvalue weighted by Crippen LogP contribution is 2.25. The number of nitrogens with zero attached hydrogens (tertiary/aromatic N) is 1. The number of benzene rings is 2. The lowest BCUT2D eigenvalue weighted by atomic mass is 10.1. The van der Waals surface area contributed by atoms with Gasteiger partial charge < -0.3 is 10.1 Å². The van der Waals surface area contributed by atoms with E-state index < -0.39 is 0 Å². The zero-order valence-corrected chi connectivity index (χ0v) is 24.7. The van der Waals surface area contributed by atoms with E-state index in [-0.39, 0.29) is 5.91 Å². The van der Waals surface area contributed by atoms with Crippen molar-refractivity contribution in [1.82, 2.24) is 0 Å². The van der Waals surface area contributed by atoms with E-state index in [1.54, 1.807) is 23.5 Å². The Bertz CT molecular complexity index is 1110. The number of para-hydroxylation sites is 1. The molecule has 0 spiro atoms. The number of thiazole rings is 1. The summed E-state index contributed by atoms with van der Waals surface area (Å²) in [5.74, 6) is 0.487. The number of amides is 1. The van der Waals surface area contributed by atoms with Gasteiger partial charge in [-0.2, -0.15) is 4.57 Å². The van der Waals surface area contributed by atoms with E-state index in [0.717, 1.165) is 17.7 Å². The number of carbonyl (C=O) groups excluding carboxylic acids is 1. The van der Waals surface area contributed by atoms with Crippen LogP contribution in [0.25, 0.3) is 0 Å². The van der Waals surface area contributed by atoms with Gasteiger partial charge in [0.05, 0.1) is 28.3 Å². The molecule has 206 valence electrons. The van der Waals surface area contributed by atoms with E-state index in [1.807, 2.05) is 30.3 Å². The first-order valence-corrected chi connectivity index (χ1v) is 15.6. The summed E-state index contributed by atoms with van der Waals surface area (Å²) in [4.78, 5) is 13.0. The van der Waals surface area contributed by atoms with Crippen molar-refractivity contribution in [3.63, 3.8) is 0 Å². The van der Waals surface area contributed by atoms with Gasteiger partial charge in [-0.15, -0.1) is 0 Å². The number of aromatic nitrogens is 1. The summed E-state index contributed by atoms with van der Waals surface area (Å²) in [7, 11) is 0.